The van der Waals surface area contributed by atoms with Crippen LogP contribution in [0, 0.1) is 17.5 Å². The molecule has 0 heterocycles. The molecule has 0 fully saturated rings. The molecule has 2 N–H and O–H groups in total. The predicted octanol–water partition coefficient (Wildman–Crippen LogP) is 2.95. The van der Waals surface area contributed by atoms with Gasteiger partial charge in [-0.25, -0.2) is 21.6 Å². The van der Waals surface area contributed by atoms with Crippen LogP contribution in [0.5, 0.6) is 0 Å². The highest BCUT2D eigenvalue weighted by molar-refractivity contribution is 7.92. The first-order valence-electron chi connectivity index (χ1n) is 5.78. The van der Waals surface area contributed by atoms with Gasteiger partial charge in [-0.05, 0) is 24.3 Å². The number of anilines is 2. The molecule has 0 aliphatic carbocycles. The highest BCUT2D eigenvalue weighted by Gasteiger charge is 2.17. The summed E-state index contributed by atoms with van der Waals surface area (Å²) in [6.45, 7) is 0. The van der Waals surface area contributed by atoms with E-state index in [2.05, 4.69) is 5.32 Å². The second kappa shape index (κ2) is 5.65. The molecule has 2 aromatic rings. The summed E-state index contributed by atoms with van der Waals surface area (Å²) >= 11 is 0. The number of halogens is 3. The van der Waals surface area contributed by atoms with Gasteiger partial charge in [0.25, 0.3) is 10.0 Å². The number of rotatable bonds is 4. The second-order valence-electron chi connectivity index (χ2n) is 4.13. The molecule has 21 heavy (non-hydrogen) atoms. The summed E-state index contributed by atoms with van der Waals surface area (Å²) in [6, 6.07) is 6.84. The van der Waals surface area contributed by atoms with Gasteiger partial charge in [0, 0.05) is 24.9 Å². The molecule has 0 atom stereocenters. The molecule has 8 heteroatoms. The van der Waals surface area contributed by atoms with Gasteiger partial charge in [0.05, 0.1) is 10.6 Å². The van der Waals surface area contributed by atoms with Gasteiger partial charge in [-0.3, -0.25) is 4.72 Å². The van der Waals surface area contributed by atoms with Crippen LogP contribution < -0.4 is 10.0 Å². The summed E-state index contributed by atoms with van der Waals surface area (Å²) in [6.07, 6.45) is 0. The van der Waals surface area contributed by atoms with E-state index in [1.165, 1.54) is 24.3 Å². The zero-order valence-corrected chi connectivity index (χ0v) is 11.6. The lowest BCUT2D eigenvalue weighted by Crippen LogP contribution is -2.13. The number of nitrogens with one attached hydrogen (secondary N) is 2. The first-order valence-corrected chi connectivity index (χ1v) is 7.27. The molecule has 0 bridgehead atoms. The van der Waals surface area contributed by atoms with E-state index in [9.17, 15) is 21.6 Å². The summed E-state index contributed by atoms with van der Waals surface area (Å²) in [5.41, 5.74) is 0.303. The van der Waals surface area contributed by atoms with Gasteiger partial charge in [-0.2, -0.15) is 0 Å². The number of benzene rings is 2. The van der Waals surface area contributed by atoms with Gasteiger partial charge in [0.2, 0.25) is 0 Å². The van der Waals surface area contributed by atoms with E-state index in [0.29, 0.717) is 17.8 Å². The van der Waals surface area contributed by atoms with Gasteiger partial charge in [-0.15, -0.1) is 0 Å². The van der Waals surface area contributed by atoms with Crippen molar-refractivity contribution in [3.63, 3.8) is 0 Å². The Morgan fingerprint density at radius 1 is 0.905 bits per heavy atom. The topological polar surface area (TPSA) is 58.2 Å². The maximum absolute atomic E-state index is 13.1. The lowest BCUT2D eigenvalue weighted by Gasteiger charge is -2.09. The van der Waals surface area contributed by atoms with Crippen molar-refractivity contribution in [2.24, 2.45) is 0 Å². The van der Waals surface area contributed by atoms with E-state index in [1.54, 1.807) is 7.05 Å². The van der Waals surface area contributed by atoms with Crippen molar-refractivity contribution in [1.29, 1.82) is 0 Å². The van der Waals surface area contributed by atoms with Crippen molar-refractivity contribution in [2.75, 3.05) is 17.1 Å². The molecule has 0 unspecified atom stereocenters. The molecule has 0 saturated carbocycles. The summed E-state index contributed by atoms with van der Waals surface area (Å²) in [5, 5.41) is 2.82. The smallest absolute Gasteiger partial charge is 0.261 e. The minimum Gasteiger partial charge on any atom is -0.388 e. The molecule has 0 aromatic heterocycles. The SMILES string of the molecule is CNc1ccc(S(=O)(=O)Nc2cc(F)c(F)c(F)c2)cc1. The van der Waals surface area contributed by atoms with Crippen LogP contribution in [-0.2, 0) is 10.0 Å². The minimum atomic E-state index is -4.02. The van der Waals surface area contributed by atoms with Crippen molar-refractivity contribution in [1.82, 2.24) is 0 Å². The van der Waals surface area contributed by atoms with Crippen LogP contribution in [0.4, 0.5) is 24.5 Å². The van der Waals surface area contributed by atoms with Crippen LogP contribution in [0.25, 0.3) is 0 Å². The summed E-state index contributed by atoms with van der Waals surface area (Å²) in [5.74, 6) is -4.60. The molecule has 4 nitrogen and oxygen atoms in total. The minimum absolute atomic E-state index is 0.0911. The molecule has 0 spiro atoms. The molecule has 2 aromatic carbocycles. The summed E-state index contributed by atoms with van der Waals surface area (Å²) < 4.78 is 65.0. The van der Waals surface area contributed by atoms with Crippen LogP contribution >= 0.6 is 0 Å². The first kappa shape index (κ1) is 15.2. The van der Waals surface area contributed by atoms with Crippen molar-refractivity contribution in [3.05, 3.63) is 53.8 Å². The Bertz CT molecular complexity index is 738. The molecule has 0 aliphatic heterocycles. The van der Waals surface area contributed by atoms with Gasteiger partial charge in [-0.1, -0.05) is 0 Å². The normalized spacial score (nSPS) is 11.2. The Morgan fingerprint density at radius 3 is 1.90 bits per heavy atom. The van der Waals surface area contributed by atoms with Crippen LogP contribution in [0.2, 0.25) is 0 Å². The Balaban J connectivity index is 2.32. The second-order valence-corrected chi connectivity index (χ2v) is 5.82. The van der Waals surface area contributed by atoms with E-state index >= 15 is 0 Å². The van der Waals surface area contributed by atoms with Crippen molar-refractivity contribution < 1.29 is 21.6 Å². The predicted molar refractivity (Wildman–Crippen MR) is 73.1 cm³/mol. The van der Waals surface area contributed by atoms with E-state index in [4.69, 9.17) is 0 Å². The van der Waals surface area contributed by atoms with E-state index in [1.807, 2.05) is 4.72 Å². The molecule has 0 aliphatic rings. The average molecular weight is 316 g/mol. The fourth-order valence-electron chi connectivity index (χ4n) is 1.63. The molecule has 0 amide bonds. The van der Waals surface area contributed by atoms with Crippen LogP contribution in [0.15, 0.2) is 41.3 Å². The fraction of sp³-hybridized carbons (Fsp3) is 0.0769. The molecular formula is C13H11F3N2O2S. The highest BCUT2D eigenvalue weighted by atomic mass is 32.2. The molecular weight excluding hydrogens is 305 g/mol. The van der Waals surface area contributed by atoms with E-state index in [-0.39, 0.29) is 4.90 Å². The monoisotopic (exact) mass is 316 g/mol. The molecule has 0 radical (unpaired) electrons. The van der Waals surface area contributed by atoms with Crippen molar-refractivity contribution >= 4 is 21.4 Å². The van der Waals surface area contributed by atoms with Gasteiger partial charge >= 0.3 is 0 Å². The van der Waals surface area contributed by atoms with E-state index < -0.39 is 33.2 Å². The Morgan fingerprint density at radius 2 is 1.43 bits per heavy atom. The molecule has 0 saturated heterocycles. The average Bonchev–Trinajstić information content (AvgIpc) is 2.44. The third-order valence-electron chi connectivity index (χ3n) is 2.69. The number of sulfonamides is 1. The van der Waals surface area contributed by atoms with Crippen LogP contribution in [-0.4, -0.2) is 15.5 Å². The van der Waals surface area contributed by atoms with Crippen molar-refractivity contribution in [3.8, 4) is 0 Å². The third-order valence-corrected chi connectivity index (χ3v) is 4.09. The fourth-order valence-corrected chi connectivity index (χ4v) is 2.67. The summed E-state index contributed by atoms with van der Waals surface area (Å²) in [4.78, 5) is -0.0911. The van der Waals surface area contributed by atoms with Gasteiger partial charge in [0.15, 0.2) is 17.5 Å². The number of hydrogen-bond acceptors (Lipinski definition) is 3. The standard InChI is InChI=1S/C13H11F3N2O2S/c1-17-8-2-4-10(5-3-8)21(19,20)18-9-6-11(14)13(16)12(15)7-9/h2-7,17-18H,1H3. The Kier molecular flexibility index (Phi) is 4.08. The molecule has 112 valence electrons. The largest absolute Gasteiger partial charge is 0.388 e. The lowest BCUT2D eigenvalue weighted by atomic mass is 10.3. The summed E-state index contributed by atoms with van der Waals surface area (Å²) in [7, 11) is -2.35. The number of hydrogen-bond donors (Lipinski definition) is 2. The highest BCUT2D eigenvalue weighted by Crippen LogP contribution is 2.21. The van der Waals surface area contributed by atoms with Crippen LogP contribution in [0.3, 0.4) is 0 Å². The lowest BCUT2D eigenvalue weighted by molar-refractivity contribution is 0.448. The maximum Gasteiger partial charge on any atom is 0.261 e. The Hall–Kier alpha value is -2.22. The molecule has 2 rings (SSSR count). The zero-order chi connectivity index (χ0) is 15.6. The quantitative estimate of drug-likeness (QED) is 0.853. The maximum atomic E-state index is 13.1. The van der Waals surface area contributed by atoms with Crippen molar-refractivity contribution in [2.45, 2.75) is 4.90 Å². The van der Waals surface area contributed by atoms with Gasteiger partial charge < -0.3 is 5.32 Å². The first-order chi connectivity index (χ1) is 9.83. The van der Waals surface area contributed by atoms with Gasteiger partial charge in [0.1, 0.15) is 0 Å². The zero-order valence-electron chi connectivity index (χ0n) is 10.8. The Labute approximate surface area is 119 Å². The van der Waals surface area contributed by atoms with Crippen LogP contribution in [0.1, 0.15) is 0 Å². The van der Waals surface area contributed by atoms with E-state index in [0.717, 1.165) is 0 Å². The third kappa shape index (κ3) is 3.27.